The van der Waals surface area contributed by atoms with Gasteiger partial charge in [0.2, 0.25) is 0 Å². The molecule has 0 radical (unpaired) electrons. The molecule has 0 bridgehead atoms. The summed E-state index contributed by atoms with van der Waals surface area (Å²) >= 11 is 16.0. The maximum atomic E-state index is 5.94. The van der Waals surface area contributed by atoms with E-state index in [2.05, 4.69) is 52.9 Å². The van der Waals surface area contributed by atoms with Crippen molar-refractivity contribution in [1.82, 2.24) is 0 Å². The first-order chi connectivity index (χ1) is 9.63. The molecule has 0 amide bonds. The maximum absolute atomic E-state index is 5.94. The van der Waals surface area contributed by atoms with E-state index >= 15 is 0 Å². The highest BCUT2D eigenvalue weighted by Crippen LogP contribution is 2.39. The van der Waals surface area contributed by atoms with Crippen molar-refractivity contribution in [3.05, 3.63) is 68.2 Å². The first-order valence-corrected chi connectivity index (χ1v) is 8.60. The van der Waals surface area contributed by atoms with Crippen LogP contribution in [0.2, 0.25) is 10.0 Å². The molecule has 0 nitrogen and oxygen atoms in total. The first-order valence-electron chi connectivity index (χ1n) is 5.95. The summed E-state index contributed by atoms with van der Waals surface area (Å²) in [6, 6.07) is 18.1. The van der Waals surface area contributed by atoms with Crippen LogP contribution in [-0.2, 0) is 0 Å². The van der Waals surface area contributed by atoms with Crippen LogP contribution in [0, 0.1) is 3.57 Å². The van der Waals surface area contributed by atoms with Gasteiger partial charge < -0.3 is 0 Å². The van der Waals surface area contributed by atoms with Crippen LogP contribution in [0.3, 0.4) is 0 Å². The number of rotatable bonds is 2. The molecule has 1 aromatic heterocycles. The molecular weight excluding hydrogens is 422 g/mol. The van der Waals surface area contributed by atoms with Crippen molar-refractivity contribution >= 4 is 57.1 Å². The van der Waals surface area contributed by atoms with E-state index in [9.17, 15) is 0 Å². The molecule has 2 aromatic carbocycles. The lowest BCUT2D eigenvalue weighted by atomic mass is 10.1. The zero-order chi connectivity index (χ0) is 14.1. The minimum absolute atomic E-state index is 0.762. The fraction of sp³-hybridized carbons (Fsp3) is 0. The molecule has 20 heavy (non-hydrogen) atoms. The van der Waals surface area contributed by atoms with Crippen LogP contribution in [0.5, 0.6) is 0 Å². The second-order valence-electron chi connectivity index (χ2n) is 4.30. The third-order valence-corrected chi connectivity index (χ3v) is 5.88. The van der Waals surface area contributed by atoms with Crippen molar-refractivity contribution in [3.63, 3.8) is 0 Å². The summed E-state index contributed by atoms with van der Waals surface area (Å²) in [5.41, 5.74) is 2.39. The number of benzene rings is 2. The number of hydrogen-bond donors (Lipinski definition) is 0. The molecule has 3 aromatic rings. The van der Waals surface area contributed by atoms with Crippen molar-refractivity contribution < 1.29 is 0 Å². The molecule has 3 rings (SSSR count). The van der Waals surface area contributed by atoms with Gasteiger partial charge in [-0.15, -0.1) is 11.3 Å². The molecule has 0 saturated heterocycles. The maximum Gasteiger partial charge on any atom is 0.0482 e. The van der Waals surface area contributed by atoms with Crippen LogP contribution < -0.4 is 0 Å². The van der Waals surface area contributed by atoms with Crippen LogP contribution in [-0.4, -0.2) is 0 Å². The standard InChI is InChI=1S/C16H9Cl2IS/c17-12-5-1-10(2-6-12)15-9-14(19)16(20-15)11-3-7-13(18)8-4-11/h1-9H. The lowest BCUT2D eigenvalue weighted by Gasteiger charge is -1.99. The SMILES string of the molecule is Clc1ccc(-c2cc(I)c(-c3ccc(Cl)cc3)s2)cc1. The molecule has 4 heteroatoms. The van der Waals surface area contributed by atoms with E-state index in [0.29, 0.717) is 0 Å². The summed E-state index contributed by atoms with van der Waals surface area (Å²) in [5.74, 6) is 0. The summed E-state index contributed by atoms with van der Waals surface area (Å²) < 4.78 is 1.25. The molecule has 0 unspecified atom stereocenters. The Bertz CT molecular complexity index is 730. The van der Waals surface area contributed by atoms with Crippen LogP contribution in [0.25, 0.3) is 20.9 Å². The Morgan fingerprint density at radius 1 is 0.750 bits per heavy atom. The molecule has 0 spiro atoms. The first kappa shape index (κ1) is 14.4. The fourth-order valence-corrected chi connectivity index (χ4v) is 4.40. The zero-order valence-electron chi connectivity index (χ0n) is 10.2. The third-order valence-electron chi connectivity index (χ3n) is 2.92. The Labute approximate surface area is 145 Å². The quantitative estimate of drug-likeness (QED) is 0.384. The molecular formula is C16H9Cl2IS. The van der Waals surface area contributed by atoms with Gasteiger partial charge >= 0.3 is 0 Å². The summed E-state index contributed by atoms with van der Waals surface area (Å²) in [4.78, 5) is 2.52. The van der Waals surface area contributed by atoms with E-state index < -0.39 is 0 Å². The molecule has 0 atom stereocenters. The van der Waals surface area contributed by atoms with E-state index in [0.717, 1.165) is 10.0 Å². The molecule has 0 aliphatic carbocycles. The highest BCUT2D eigenvalue weighted by Gasteiger charge is 2.10. The van der Waals surface area contributed by atoms with Crippen LogP contribution in [0.1, 0.15) is 0 Å². The second-order valence-corrected chi connectivity index (χ2v) is 7.39. The van der Waals surface area contributed by atoms with Gasteiger partial charge in [-0.25, -0.2) is 0 Å². The highest BCUT2D eigenvalue weighted by atomic mass is 127. The lowest BCUT2D eigenvalue weighted by Crippen LogP contribution is -1.73. The average Bonchev–Trinajstić information content (AvgIpc) is 2.82. The Hall–Kier alpha value is -0.550. The summed E-state index contributed by atoms with van der Waals surface area (Å²) in [7, 11) is 0. The monoisotopic (exact) mass is 430 g/mol. The molecule has 0 aliphatic rings. The van der Waals surface area contributed by atoms with Crippen molar-refractivity contribution in [2.75, 3.05) is 0 Å². The fourth-order valence-electron chi connectivity index (χ4n) is 1.92. The average molecular weight is 431 g/mol. The Morgan fingerprint density at radius 2 is 1.25 bits per heavy atom. The minimum Gasteiger partial charge on any atom is -0.134 e. The van der Waals surface area contributed by atoms with Crippen LogP contribution >= 0.6 is 57.1 Å². The van der Waals surface area contributed by atoms with Crippen molar-refractivity contribution in [2.24, 2.45) is 0 Å². The van der Waals surface area contributed by atoms with Gasteiger partial charge in [-0.3, -0.25) is 0 Å². The van der Waals surface area contributed by atoms with Gasteiger partial charge in [0, 0.05) is 23.4 Å². The molecule has 100 valence electrons. The highest BCUT2D eigenvalue weighted by molar-refractivity contribution is 14.1. The van der Waals surface area contributed by atoms with Gasteiger partial charge in [-0.2, -0.15) is 0 Å². The van der Waals surface area contributed by atoms with Gasteiger partial charge in [0.1, 0.15) is 0 Å². The third kappa shape index (κ3) is 3.03. The predicted molar refractivity (Wildman–Crippen MR) is 97.9 cm³/mol. The van der Waals surface area contributed by atoms with Gasteiger partial charge in [0.25, 0.3) is 0 Å². The number of hydrogen-bond acceptors (Lipinski definition) is 1. The van der Waals surface area contributed by atoms with Crippen molar-refractivity contribution in [2.45, 2.75) is 0 Å². The topological polar surface area (TPSA) is 0 Å². The van der Waals surface area contributed by atoms with Gasteiger partial charge in [0.15, 0.2) is 0 Å². The second kappa shape index (κ2) is 6.06. The molecule has 1 heterocycles. The largest absolute Gasteiger partial charge is 0.134 e. The van der Waals surface area contributed by atoms with Gasteiger partial charge in [0.05, 0.1) is 0 Å². The van der Waals surface area contributed by atoms with E-state index in [-0.39, 0.29) is 0 Å². The zero-order valence-corrected chi connectivity index (χ0v) is 14.7. The lowest BCUT2D eigenvalue weighted by molar-refractivity contribution is 1.67. The summed E-state index contributed by atoms with van der Waals surface area (Å²) in [6.07, 6.45) is 0. The summed E-state index contributed by atoms with van der Waals surface area (Å²) in [5, 5.41) is 1.52. The Balaban J connectivity index is 2.02. The number of thiophene rings is 1. The Kier molecular flexibility index (Phi) is 4.36. The molecule has 0 N–H and O–H groups in total. The smallest absolute Gasteiger partial charge is 0.0482 e. The normalized spacial score (nSPS) is 10.8. The predicted octanol–water partition coefficient (Wildman–Crippen LogP) is 6.99. The van der Waals surface area contributed by atoms with Crippen LogP contribution in [0.4, 0.5) is 0 Å². The Morgan fingerprint density at radius 3 is 1.80 bits per heavy atom. The van der Waals surface area contributed by atoms with Gasteiger partial charge in [-0.05, 0) is 64.0 Å². The molecule has 0 saturated carbocycles. The van der Waals surface area contributed by atoms with Crippen molar-refractivity contribution in [3.8, 4) is 20.9 Å². The van der Waals surface area contributed by atoms with Crippen molar-refractivity contribution in [1.29, 1.82) is 0 Å². The van der Waals surface area contributed by atoms with E-state index in [4.69, 9.17) is 23.2 Å². The number of halogens is 3. The van der Waals surface area contributed by atoms with E-state index in [1.807, 2.05) is 24.3 Å². The molecule has 0 aliphatic heterocycles. The molecule has 0 fully saturated rings. The minimum atomic E-state index is 0.762. The summed E-state index contributed by atoms with van der Waals surface area (Å²) in [6.45, 7) is 0. The van der Waals surface area contributed by atoms with E-state index in [1.54, 1.807) is 11.3 Å². The van der Waals surface area contributed by atoms with Crippen LogP contribution in [0.15, 0.2) is 54.6 Å². The van der Waals surface area contributed by atoms with E-state index in [1.165, 1.54) is 24.5 Å². The van der Waals surface area contributed by atoms with Gasteiger partial charge in [-0.1, -0.05) is 47.5 Å².